The van der Waals surface area contributed by atoms with Crippen LogP contribution in [0, 0.1) is 10.1 Å². The summed E-state index contributed by atoms with van der Waals surface area (Å²) in [7, 11) is 1.67. The van der Waals surface area contributed by atoms with Crippen LogP contribution in [-0.4, -0.2) is 25.2 Å². The number of methoxy groups -OCH3 is 1. The predicted molar refractivity (Wildman–Crippen MR) is 72.3 cm³/mol. The highest BCUT2D eigenvalue weighted by molar-refractivity contribution is 9.08. The summed E-state index contributed by atoms with van der Waals surface area (Å²) in [6.07, 6.45) is 1.83. The molecule has 0 heterocycles. The lowest BCUT2D eigenvalue weighted by molar-refractivity contribution is -0.384. The molecule has 0 saturated heterocycles. The molecular weight excluding hydrogens is 302 g/mol. The number of nitro benzene ring substituents is 1. The van der Waals surface area contributed by atoms with Crippen molar-refractivity contribution in [1.82, 2.24) is 0 Å². The third-order valence-electron chi connectivity index (χ3n) is 2.40. The first-order chi connectivity index (χ1) is 8.69. The minimum atomic E-state index is -0.408. The Bertz CT molecular complexity index is 398. The van der Waals surface area contributed by atoms with Crippen LogP contribution >= 0.6 is 15.9 Å². The van der Waals surface area contributed by atoms with E-state index in [1.54, 1.807) is 13.2 Å². The van der Waals surface area contributed by atoms with E-state index in [1.807, 2.05) is 0 Å². The topological polar surface area (TPSA) is 61.6 Å². The van der Waals surface area contributed by atoms with E-state index >= 15 is 0 Å². The second-order valence-corrected chi connectivity index (χ2v) is 4.29. The molecule has 0 aliphatic carbocycles. The van der Waals surface area contributed by atoms with Gasteiger partial charge in [-0.15, -0.1) is 0 Å². The number of hydrogen-bond donors (Lipinski definition) is 0. The number of ether oxygens (including phenoxy) is 2. The number of rotatable bonds is 8. The van der Waals surface area contributed by atoms with Crippen LogP contribution in [0.2, 0.25) is 0 Å². The van der Waals surface area contributed by atoms with E-state index in [1.165, 1.54) is 12.1 Å². The maximum Gasteiger partial charge on any atom is 0.270 e. The van der Waals surface area contributed by atoms with Gasteiger partial charge in [0.2, 0.25) is 0 Å². The lowest BCUT2D eigenvalue weighted by Gasteiger charge is -2.09. The van der Waals surface area contributed by atoms with E-state index in [2.05, 4.69) is 15.9 Å². The van der Waals surface area contributed by atoms with Gasteiger partial charge in [-0.25, -0.2) is 0 Å². The normalized spacial score (nSPS) is 10.3. The van der Waals surface area contributed by atoms with Gasteiger partial charge in [0.05, 0.1) is 11.5 Å². The van der Waals surface area contributed by atoms with Crippen LogP contribution in [0.1, 0.15) is 18.4 Å². The van der Waals surface area contributed by atoms with Crippen molar-refractivity contribution < 1.29 is 14.4 Å². The first-order valence-corrected chi connectivity index (χ1v) is 6.76. The van der Waals surface area contributed by atoms with Crippen LogP contribution in [0.4, 0.5) is 5.69 Å². The van der Waals surface area contributed by atoms with Crippen LogP contribution in [0.5, 0.6) is 5.75 Å². The molecule has 100 valence electrons. The average Bonchev–Trinajstić information content (AvgIpc) is 2.38. The average molecular weight is 318 g/mol. The molecule has 18 heavy (non-hydrogen) atoms. The maximum absolute atomic E-state index is 10.6. The first-order valence-electron chi connectivity index (χ1n) is 5.64. The summed E-state index contributed by atoms with van der Waals surface area (Å²) >= 11 is 3.30. The number of alkyl halides is 1. The quantitative estimate of drug-likeness (QED) is 0.319. The molecule has 5 nitrogen and oxygen atoms in total. The van der Waals surface area contributed by atoms with Crippen LogP contribution in [0.25, 0.3) is 0 Å². The van der Waals surface area contributed by atoms with E-state index in [0.717, 1.165) is 25.0 Å². The van der Waals surface area contributed by atoms with Crippen LogP contribution in [0.3, 0.4) is 0 Å². The van der Waals surface area contributed by atoms with Crippen molar-refractivity contribution in [1.29, 1.82) is 0 Å². The highest BCUT2D eigenvalue weighted by atomic mass is 79.9. The van der Waals surface area contributed by atoms with Crippen molar-refractivity contribution in [3.8, 4) is 5.75 Å². The van der Waals surface area contributed by atoms with Crippen LogP contribution in [0.15, 0.2) is 18.2 Å². The van der Waals surface area contributed by atoms with Gasteiger partial charge >= 0.3 is 0 Å². The van der Waals surface area contributed by atoms with Crippen LogP contribution in [-0.2, 0) is 10.1 Å². The highest BCUT2D eigenvalue weighted by Crippen LogP contribution is 2.26. The molecule has 0 fully saturated rings. The number of benzene rings is 1. The van der Waals surface area contributed by atoms with Crippen molar-refractivity contribution in [3.63, 3.8) is 0 Å². The fraction of sp³-hybridized carbons (Fsp3) is 0.500. The van der Waals surface area contributed by atoms with Crippen molar-refractivity contribution in [2.45, 2.75) is 18.2 Å². The zero-order valence-electron chi connectivity index (χ0n) is 10.2. The lowest BCUT2D eigenvalue weighted by Crippen LogP contribution is -2.02. The van der Waals surface area contributed by atoms with Gasteiger partial charge in [-0.1, -0.05) is 15.9 Å². The second kappa shape index (κ2) is 8.05. The Morgan fingerprint density at radius 3 is 2.67 bits per heavy atom. The Kier molecular flexibility index (Phi) is 6.67. The molecule has 1 rings (SSSR count). The van der Waals surface area contributed by atoms with Crippen molar-refractivity contribution >= 4 is 21.6 Å². The number of nitrogens with zero attached hydrogens (tertiary/aromatic N) is 1. The monoisotopic (exact) mass is 317 g/mol. The van der Waals surface area contributed by atoms with E-state index in [4.69, 9.17) is 9.47 Å². The summed E-state index contributed by atoms with van der Waals surface area (Å²) in [6, 6.07) is 4.63. The van der Waals surface area contributed by atoms with Gasteiger partial charge in [-0.05, 0) is 18.9 Å². The molecule has 1 aromatic rings. The largest absolute Gasteiger partial charge is 0.493 e. The summed E-state index contributed by atoms with van der Waals surface area (Å²) in [5.41, 5.74) is 0.868. The van der Waals surface area contributed by atoms with Gasteiger partial charge in [0.25, 0.3) is 5.69 Å². The van der Waals surface area contributed by atoms with Gasteiger partial charge in [0.1, 0.15) is 5.75 Å². The molecule has 0 spiro atoms. The van der Waals surface area contributed by atoms with Gasteiger partial charge < -0.3 is 9.47 Å². The minimum absolute atomic E-state index is 0.0798. The van der Waals surface area contributed by atoms with Gasteiger partial charge in [-0.3, -0.25) is 10.1 Å². The van der Waals surface area contributed by atoms with Crippen LogP contribution < -0.4 is 4.74 Å². The van der Waals surface area contributed by atoms with E-state index in [-0.39, 0.29) is 5.69 Å². The summed E-state index contributed by atoms with van der Waals surface area (Å²) in [5, 5.41) is 11.2. The van der Waals surface area contributed by atoms with E-state index in [9.17, 15) is 10.1 Å². The number of non-ortho nitro benzene ring substituents is 1. The molecule has 0 aromatic heterocycles. The highest BCUT2D eigenvalue weighted by Gasteiger charge is 2.10. The van der Waals surface area contributed by atoms with Gasteiger partial charge in [0, 0.05) is 36.7 Å². The third kappa shape index (κ3) is 4.62. The molecule has 0 bridgehead atoms. The molecule has 0 unspecified atom stereocenters. The molecule has 0 N–H and O–H groups in total. The fourth-order valence-corrected chi connectivity index (χ4v) is 1.89. The zero-order chi connectivity index (χ0) is 13.4. The Labute approximate surface area is 114 Å². The molecule has 0 amide bonds. The summed E-state index contributed by atoms with van der Waals surface area (Å²) in [5.74, 6) is 0.690. The van der Waals surface area contributed by atoms with Crippen molar-refractivity contribution in [3.05, 3.63) is 33.9 Å². The third-order valence-corrected chi connectivity index (χ3v) is 3.00. The molecule has 0 saturated carbocycles. The van der Waals surface area contributed by atoms with E-state index in [0.29, 0.717) is 17.7 Å². The molecule has 0 aliphatic rings. The predicted octanol–water partition coefficient (Wildman–Crippen LogP) is 3.30. The molecule has 0 radical (unpaired) electrons. The Hall–Kier alpha value is -1.14. The smallest absolute Gasteiger partial charge is 0.270 e. The number of hydrogen-bond acceptors (Lipinski definition) is 4. The zero-order valence-corrected chi connectivity index (χ0v) is 11.8. The summed E-state index contributed by atoms with van der Waals surface area (Å²) in [6.45, 7) is 1.30. The van der Waals surface area contributed by atoms with Gasteiger partial charge in [0.15, 0.2) is 0 Å². The fourth-order valence-electron chi connectivity index (χ4n) is 1.46. The lowest BCUT2D eigenvalue weighted by atomic mass is 10.2. The first kappa shape index (κ1) is 14.9. The molecule has 0 aliphatic heterocycles. The van der Waals surface area contributed by atoms with E-state index < -0.39 is 4.92 Å². The molecule has 6 heteroatoms. The van der Waals surface area contributed by atoms with Gasteiger partial charge in [-0.2, -0.15) is 0 Å². The summed E-state index contributed by atoms with van der Waals surface area (Å²) < 4.78 is 10.5. The number of halogens is 1. The number of unbranched alkanes of at least 4 members (excludes halogenated alkanes) is 1. The Balaban J connectivity index is 2.57. The Morgan fingerprint density at radius 2 is 2.06 bits per heavy atom. The maximum atomic E-state index is 10.6. The Morgan fingerprint density at radius 1 is 1.33 bits per heavy atom. The second-order valence-electron chi connectivity index (χ2n) is 3.73. The minimum Gasteiger partial charge on any atom is -0.493 e. The number of nitro groups is 1. The van der Waals surface area contributed by atoms with Crippen molar-refractivity contribution in [2.24, 2.45) is 0 Å². The SMILES string of the molecule is COCCCCOc1ccc([N+](=O)[O-])cc1CBr. The molecular formula is C12H16BrNO4. The summed E-state index contributed by atoms with van der Waals surface area (Å²) in [4.78, 5) is 10.2. The van der Waals surface area contributed by atoms with Crippen molar-refractivity contribution in [2.75, 3.05) is 20.3 Å². The molecule has 0 atom stereocenters. The molecule has 1 aromatic carbocycles. The standard InChI is InChI=1S/C12H16BrNO4/c1-17-6-2-3-7-18-12-5-4-11(14(15)16)8-10(12)9-13/h4-5,8H,2-3,6-7,9H2,1H3.